The number of Topliss-reactive ketones (excluding diaryl/α,β-unsaturated/α-hetero) is 1. The number of ether oxygens (including phenoxy) is 1. The summed E-state index contributed by atoms with van der Waals surface area (Å²) in [6, 6.07) is 0. The predicted molar refractivity (Wildman–Crippen MR) is 138 cm³/mol. The summed E-state index contributed by atoms with van der Waals surface area (Å²) in [6.45, 7) is 15.7. The number of hydrogen-bond donors (Lipinski definition) is 1. The zero-order valence-electron chi connectivity index (χ0n) is 23.0. The van der Waals surface area contributed by atoms with Crippen molar-refractivity contribution in [1.29, 1.82) is 0 Å². The Labute approximate surface area is 211 Å². The molecule has 5 aliphatic rings. The van der Waals surface area contributed by atoms with Crippen LogP contribution in [0.25, 0.3) is 0 Å². The van der Waals surface area contributed by atoms with Crippen molar-refractivity contribution < 1.29 is 19.4 Å². The number of methoxy groups -OCH3 is 1. The number of carbonyl (C=O) groups is 2. The molecule has 0 heterocycles. The largest absolute Gasteiger partial charge is 0.505 e. The Morgan fingerprint density at radius 1 is 0.943 bits per heavy atom. The third-order valence-electron chi connectivity index (χ3n) is 12.2. The molecule has 0 aliphatic heterocycles. The quantitative estimate of drug-likeness (QED) is 0.406. The van der Waals surface area contributed by atoms with Gasteiger partial charge in [0.1, 0.15) is 0 Å². The fourth-order valence-electron chi connectivity index (χ4n) is 9.60. The van der Waals surface area contributed by atoms with E-state index in [1.165, 1.54) is 18.3 Å². The van der Waals surface area contributed by atoms with Crippen molar-refractivity contribution in [2.45, 2.75) is 93.4 Å². The molecule has 4 heteroatoms. The lowest BCUT2D eigenvalue weighted by atomic mass is 9.37. The SMILES string of the molecule is COC(=O)[C@@]1(C)CC[C@]2(C)CC[C@]3(C)C(=CC=C4[C@@]5(C)C=C(O)C(=O)C(C)(C)[C@@H]5CC[C@]43C)[C@@H]2C1. The number of allylic oxidation sites excluding steroid dienone is 6. The minimum absolute atomic E-state index is 0.0152. The summed E-state index contributed by atoms with van der Waals surface area (Å²) in [5.41, 5.74) is 1.64. The first-order valence-corrected chi connectivity index (χ1v) is 13.6. The average Bonchev–Trinajstić information content (AvgIpc) is 2.78. The van der Waals surface area contributed by atoms with Crippen LogP contribution in [0.3, 0.4) is 0 Å². The Kier molecular flexibility index (Phi) is 5.06. The van der Waals surface area contributed by atoms with E-state index >= 15 is 0 Å². The standard InChI is InChI=1S/C31H44O4/c1-26(2)22-11-12-31(7)23(29(22,5)18-21(32)24(26)33)10-9-19-20-17-28(4,25(34)35-8)14-13-27(20,3)15-16-30(19,31)6/h9-10,18,20,22,32H,11-17H2,1-8H3/t20-,22-,27+,28-,29-,30+,31+/m0/s1. The Morgan fingerprint density at radius 3 is 2.26 bits per heavy atom. The smallest absolute Gasteiger partial charge is 0.311 e. The molecule has 192 valence electrons. The first-order chi connectivity index (χ1) is 16.1. The van der Waals surface area contributed by atoms with Crippen LogP contribution in [0.15, 0.2) is 35.1 Å². The third-order valence-corrected chi connectivity index (χ3v) is 12.2. The van der Waals surface area contributed by atoms with Crippen molar-refractivity contribution in [2.24, 2.45) is 44.3 Å². The third kappa shape index (κ3) is 2.92. The van der Waals surface area contributed by atoms with Crippen molar-refractivity contribution >= 4 is 11.8 Å². The molecule has 0 aromatic carbocycles. The highest BCUT2D eigenvalue weighted by Crippen LogP contribution is 2.73. The van der Waals surface area contributed by atoms with E-state index in [1.54, 1.807) is 0 Å². The van der Waals surface area contributed by atoms with Crippen LogP contribution in [-0.2, 0) is 14.3 Å². The van der Waals surface area contributed by atoms with Gasteiger partial charge in [-0.3, -0.25) is 9.59 Å². The minimum atomic E-state index is -0.586. The molecule has 4 nitrogen and oxygen atoms in total. The Hall–Kier alpha value is -1.84. The van der Waals surface area contributed by atoms with Crippen molar-refractivity contribution in [3.05, 3.63) is 35.1 Å². The Bertz CT molecular complexity index is 1090. The number of esters is 1. The van der Waals surface area contributed by atoms with Gasteiger partial charge in [-0.15, -0.1) is 0 Å². The van der Waals surface area contributed by atoms with Gasteiger partial charge in [0.05, 0.1) is 12.5 Å². The normalized spacial score (nSPS) is 48.2. The van der Waals surface area contributed by atoms with Crippen molar-refractivity contribution in [2.75, 3.05) is 7.11 Å². The van der Waals surface area contributed by atoms with Crippen LogP contribution in [0.4, 0.5) is 0 Å². The molecule has 0 bridgehead atoms. The second-order valence-electron chi connectivity index (χ2n) is 14.3. The summed E-state index contributed by atoms with van der Waals surface area (Å²) in [7, 11) is 1.51. The van der Waals surface area contributed by atoms with E-state index in [0.29, 0.717) is 5.92 Å². The first-order valence-electron chi connectivity index (χ1n) is 13.6. The maximum Gasteiger partial charge on any atom is 0.311 e. The molecule has 0 aromatic heterocycles. The van der Waals surface area contributed by atoms with E-state index in [2.05, 4.69) is 46.8 Å². The molecule has 35 heavy (non-hydrogen) atoms. The van der Waals surface area contributed by atoms with Crippen molar-refractivity contribution in [3.8, 4) is 0 Å². The number of hydrogen-bond acceptors (Lipinski definition) is 4. The van der Waals surface area contributed by atoms with E-state index in [9.17, 15) is 14.7 Å². The van der Waals surface area contributed by atoms with Gasteiger partial charge in [-0.25, -0.2) is 0 Å². The van der Waals surface area contributed by atoms with Crippen molar-refractivity contribution in [1.82, 2.24) is 0 Å². The van der Waals surface area contributed by atoms with E-state index in [0.717, 1.165) is 44.9 Å². The lowest BCUT2D eigenvalue weighted by Gasteiger charge is -2.67. The highest BCUT2D eigenvalue weighted by atomic mass is 16.5. The molecule has 3 saturated carbocycles. The molecular weight excluding hydrogens is 436 g/mol. The lowest BCUT2D eigenvalue weighted by molar-refractivity contribution is -0.158. The molecular formula is C31H44O4. The van der Waals surface area contributed by atoms with Gasteiger partial charge in [-0.1, -0.05) is 64.8 Å². The molecule has 3 fully saturated rings. The minimum Gasteiger partial charge on any atom is -0.505 e. The number of rotatable bonds is 1. The van der Waals surface area contributed by atoms with Crippen LogP contribution in [0.1, 0.15) is 93.4 Å². The van der Waals surface area contributed by atoms with E-state index < -0.39 is 10.8 Å². The number of aliphatic hydroxyl groups excluding tert-OH is 1. The number of carbonyl (C=O) groups excluding carboxylic acids is 2. The predicted octanol–water partition coefficient (Wildman–Crippen LogP) is 7.11. The summed E-state index contributed by atoms with van der Waals surface area (Å²) >= 11 is 0. The van der Waals surface area contributed by atoms with Crippen LogP contribution in [0.5, 0.6) is 0 Å². The summed E-state index contributed by atoms with van der Waals surface area (Å²) in [5, 5.41) is 10.7. The monoisotopic (exact) mass is 480 g/mol. The van der Waals surface area contributed by atoms with Crippen LogP contribution < -0.4 is 0 Å². The van der Waals surface area contributed by atoms with Gasteiger partial charge in [0.15, 0.2) is 5.76 Å². The molecule has 0 spiro atoms. The highest BCUT2D eigenvalue weighted by molar-refractivity contribution is 5.99. The molecule has 1 N–H and O–H groups in total. The van der Waals surface area contributed by atoms with Crippen molar-refractivity contribution in [3.63, 3.8) is 0 Å². The van der Waals surface area contributed by atoms with Crippen LogP contribution in [0, 0.1) is 44.3 Å². The van der Waals surface area contributed by atoms with E-state index in [-0.39, 0.29) is 45.1 Å². The number of ketones is 1. The van der Waals surface area contributed by atoms with Gasteiger partial charge in [-0.2, -0.15) is 0 Å². The molecule has 7 atom stereocenters. The van der Waals surface area contributed by atoms with Crippen LogP contribution in [-0.4, -0.2) is 24.0 Å². The summed E-state index contributed by atoms with van der Waals surface area (Å²) in [5.74, 6) is 0.250. The Balaban J connectivity index is 1.65. The molecule has 0 unspecified atom stereocenters. The van der Waals surface area contributed by atoms with Gasteiger partial charge in [0, 0.05) is 10.8 Å². The summed E-state index contributed by atoms with van der Waals surface area (Å²) in [6.07, 6.45) is 13.7. The summed E-state index contributed by atoms with van der Waals surface area (Å²) in [4.78, 5) is 25.7. The van der Waals surface area contributed by atoms with Gasteiger partial charge in [-0.05, 0) is 86.0 Å². The summed E-state index contributed by atoms with van der Waals surface area (Å²) < 4.78 is 5.25. The fourth-order valence-corrected chi connectivity index (χ4v) is 9.60. The van der Waals surface area contributed by atoms with Gasteiger partial charge < -0.3 is 9.84 Å². The second-order valence-corrected chi connectivity index (χ2v) is 14.3. The zero-order chi connectivity index (χ0) is 25.8. The van der Waals surface area contributed by atoms with Gasteiger partial charge in [0.25, 0.3) is 0 Å². The van der Waals surface area contributed by atoms with Crippen LogP contribution >= 0.6 is 0 Å². The van der Waals surface area contributed by atoms with E-state index in [4.69, 9.17) is 4.74 Å². The molecule has 0 aromatic rings. The maximum absolute atomic E-state index is 12.9. The van der Waals surface area contributed by atoms with Gasteiger partial charge >= 0.3 is 5.97 Å². The second kappa shape index (κ2) is 7.13. The molecule has 5 aliphatic carbocycles. The van der Waals surface area contributed by atoms with Crippen LogP contribution in [0.2, 0.25) is 0 Å². The van der Waals surface area contributed by atoms with E-state index in [1.807, 2.05) is 19.9 Å². The molecule has 0 radical (unpaired) electrons. The highest BCUT2D eigenvalue weighted by Gasteiger charge is 2.66. The number of fused-ring (bicyclic) bond motifs is 7. The lowest BCUT2D eigenvalue weighted by Crippen LogP contribution is -2.60. The maximum atomic E-state index is 12.9. The Morgan fingerprint density at radius 2 is 1.60 bits per heavy atom. The molecule has 5 rings (SSSR count). The average molecular weight is 481 g/mol. The molecule has 0 saturated heterocycles. The molecule has 0 amide bonds. The first kappa shape index (κ1) is 24.8. The fraction of sp³-hybridized carbons (Fsp3) is 0.742. The number of aliphatic hydroxyl groups is 1. The topological polar surface area (TPSA) is 63.6 Å². The zero-order valence-corrected chi connectivity index (χ0v) is 23.0. The van der Waals surface area contributed by atoms with Gasteiger partial charge in [0.2, 0.25) is 5.78 Å².